The highest BCUT2D eigenvalue weighted by atomic mass is 79.9. The zero-order valence-electron chi connectivity index (χ0n) is 11.8. The number of carbonyl (C=O) groups is 1. The molecule has 0 aliphatic carbocycles. The van der Waals surface area contributed by atoms with Gasteiger partial charge < -0.3 is 5.11 Å². The maximum atomic E-state index is 12.8. The van der Waals surface area contributed by atoms with E-state index in [2.05, 4.69) is 20.7 Å². The Kier molecular flexibility index (Phi) is 5.35. The minimum absolute atomic E-state index is 0.0104. The Balaban J connectivity index is 2.69. The van der Waals surface area contributed by atoms with Gasteiger partial charge in [-0.25, -0.2) is 22.1 Å². The normalized spacial score (nSPS) is 12.8. The number of hydrogen-bond acceptors (Lipinski definition) is 4. The summed E-state index contributed by atoms with van der Waals surface area (Å²) in [7, 11) is -4.58. The lowest BCUT2D eigenvalue weighted by Gasteiger charge is -2.11. The van der Waals surface area contributed by atoms with Crippen LogP contribution in [0.25, 0.3) is 0 Å². The second kappa shape index (κ2) is 6.91. The first kappa shape index (κ1) is 17.8. The molecule has 0 radical (unpaired) electrons. The first-order valence-electron chi connectivity index (χ1n) is 6.25. The number of carboxylic acids is 1. The standard InChI is InChI=1S/C14H12BrNO5S2/c1-16-23(20,21)13-8-9(15)6-7-12(13)22(19)11-5-3-2-4-10(11)14(17)18/h2-8,16H,1H3,(H,17,18)/t22-/m1/s1. The molecule has 0 heterocycles. The van der Waals surface area contributed by atoms with Crippen LogP contribution >= 0.6 is 15.9 Å². The fraction of sp³-hybridized carbons (Fsp3) is 0.0714. The summed E-state index contributed by atoms with van der Waals surface area (Å²) in [4.78, 5) is 11.2. The maximum Gasteiger partial charge on any atom is 0.336 e. The van der Waals surface area contributed by atoms with E-state index >= 15 is 0 Å². The molecule has 2 aromatic rings. The van der Waals surface area contributed by atoms with Crippen molar-refractivity contribution in [2.45, 2.75) is 14.7 Å². The van der Waals surface area contributed by atoms with Crippen LogP contribution < -0.4 is 4.72 Å². The van der Waals surface area contributed by atoms with Gasteiger partial charge in [0.2, 0.25) is 10.0 Å². The van der Waals surface area contributed by atoms with Gasteiger partial charge in [-0.1, -0.05) is 28.1 Å². The van der Waals surface area contributed by atoms with Gasteiger partial charge in [-0.2, -0.15) is 0 Å². The summed E-state index contributed by atoms with van der Waals surface area (Å²) in [6.45, 7) is 0. The molecule has 0 bridgehead atoms. The van der Waals surface area contributed by atoms with E-state index in [1.54, 1.807) is 12.1 Å². The van der Waals surface area contributed by atoms with Crippen LogP contribution in [0.1, 0.15) is 10.4 Å². The van der Waals surface area contributed by atoms with Gasteiger partial charge >= 0.3 is 5.97 Å². The quantitative estimate of drug-likeness (QED) is 0.776. The molecule has 0 spiro atoms. The molecule has 2 N–H and O–H groups in total. The molecule has 0 aliphatic heterocycles. The fourth-order valence-electron chi connectivity index (χ4n) is 1.88. The Morgan fingerprint density at radius 2 is 1.83 bits per heavy atom. The zero-order chi connectivity index (χ0) is 17.2. The number of rotatable bonds is 5. The Hall–Kier alpha value is -1.55. The van der Waals surface area contributed by atoms with Crippen LogP contribution in [0.4, 0.5) is 0 Å². The van der Waals surface area contributed by atoms with Gasteiger partial charge in [0.25, 0.3) is 0 Å². The molecule has 2 aromatic carbocycles. The van der Waals surface area contributed by atoms with E-state index < -0.39 is 26.8 Å². The molecule has 2 rings (SSSR count). The van der Waals surface area contributed by atoms with E-state index in [-0.39, 0.29) is 20.2 Å². The fourth-order valence-corrected chi connectivity index (χ4v) is 5.01. The number of aromatic carboxylic acids is 1. The maximum absolute atomic E-state index is 12.8. The predicted molar refractivity (Wildman–Crippen MR) is 88.5 cm³/mol. The molecular formula is C14H12BrNO5S2. The van der Waals surface area contributed by atoms with Crippen molar-refractivity contribution in [2.75, 3.05) is 7.05 Å². The van der Waals surface area contributed by atoms with Crippen molar-refractivity contribution < 1.29 is 22.5 Å². The van der Waals surface area contributed by atoms with Crippen LogP contribution in [0, 0.1) is 0 Å². The van der Waals surface area contributed by atoms with Crippen LogP contribution in [0.5, 0.6) is 0 Å². The van der Waals surface area contributed by atoms with Gasteiger partial charge in [0.1, 0.15) is 0 Å². The summed E-state index contributed by atoms with van der Waals surface area (Å²) < 4.78 is 39.8. The van der Waals surface area contributed by atoms with Gasteiger partial charge in [-0.3, -0.25) is 0 Å². The molecule has 6 nitrogen and oxygen atoms in total. The van der Waals surface area contributed by atoms with Crippen molar-refractivity contribution >= 4 is 42.7 Å². The lowest BCUT2D eigenvalue weighted by atomic mass is 10.2. The van der Waals surface area contributed by atoms with E-state index in [4.69, 9.17) is 0 Å². The number of sulfonamides is 1. The third-order valence-electron chi connectivity index (χ3n) is 2.98. The average Bonchev–Trinajstić information content (AvgIpc) is 2.54. The summed E-state index contributed by atoms with van der Waals surface area (Å²) in [5.41, 5.74) is -0.137. The van der Waals surface area contributed by atoms with Crippen molar-refractivity contribution in [3.8, 4) is 0 Å². The number of hydrogen-bond donors (Lipinski definition) is 2. The highest BCUT2D eigenvalue weighted by Crippen LogP contribution is 2.28. The Bertz CT molecular complexity index is 896. The molecule has 23 heavy (non-hydrogen) atoms. The minimum atomic E-state index is -3.86. The van der Waals surface area contributed by atoms with Crippen LogP contribution in [-0.2, 0) is 20.8 Å². The van der Waals surface area contributed by atoms with Crippen LogP contribution in [0.2, 0.25) is 0 Å². The number of halogens is 1. The molecule has 0 aliphatic rings. The van der Waals surface area contributed by atoms with Crippen molar-refractivity contribution in [1.29, 1.82) is 0 Å². The first-order chi connectivity index (χ1) is 10.8. The lowest BCUT2D eigenvalue weighted by Crippen LogP contribution is -2.20. The number of benzene rings is 2. The van der Waals surface area contributed by atoms with Crippen molar-refractivity contribution in [3.05, 3.63) is 52.5 Å². The summed E-state index contributed by atoms with van der Waals surface area (Å²) >= 11 is 3.18. The van der Waals surface area contributed by atoms with E-state index in [0.29, 0.717) is 4.47 Å². The molecule has 0 saturated carbocycles. The van der Waals surface area contributed by atoms with Gasteiger partial charge in [-0.15, -0.1) is 0 Å². The average molecular weight is 418 g/mol. The van der Waals surface area contributed by atoms with Crippen molar-refractivity contribution in [2.24, 2.45) is 0 Å². The second-order valence-corrected chi connectivity index (χ2v) is 8.56. The first-order valence-corrected chi connectivity index (χ1v) is 9.67. The second-order valence-electron chi connectivity index (χ2n) is 4.37. The van der Waals surface area contributed by atoms with Gasteiger partial charge in [0, 0.05) is 4.47 Å². The van der Waals surface area contributed by atoms with E-state index in [1.807, 2.05) is 0 Å². The van der Waals surface area contributed by atoms with Gasteiger partial charge in [0.15, 0.2) is 0 Å². The van der Waals surface area contributed by atoms with Crippen LogP contribution in [0.3, 0.4) is 0 Å². The topological polar surface area (TPSA) is 101 Å². The molecule has 122 valence electrons. The molecule has 0 unspecified atom stereocenters. The van der Waals surface area contributed by atoms with Crippen molar-refractivity contribution in [1.82, 2.24) is 4.72 Å². The largest absolute Gasteiger partial charge is 0.478 e. The van der Waals surface area contributed by atoms with Gasteiger partial charge in [0.05, 0.1) is 31.0 Å². The number of carboxylic acid groups (broad SMARTS) is 1. The summed E-state index contributed by atoms with van der Waals surface area (Å²) in [5.74, 6) is -1.23. The van der Waals surface area contributed by atoms with Crippen molar-refractivity contribution in [3.63, 3.8) is 0 Å². The predicted octanol–water partition coefficient (Wildman–Crippen LogP) is 2.22. The highest BCUT2D eigenvalue weighted by Gasteiger charge is 2.24. The summed E-state index contributed by atoms with van der Waals surface area (Å²) in [5, 5.41) is 9.21. The monoisotopic (exact) mass is 417 g/mol. The zero-order valence-corrected chi connectivity index (χ0v) is 15.0. The SMILES string of the molecule is CNS(=O)(=O)c1cc(Br)ccc1[S@](=O)c1ccccc1C(=O)O. The Morgan fingerprint density at radius 3 is 2.43 bits per heavy atom. The summed E-state index contributed by atoms with van der Waals surface area (Å²) in [6.07, 6.45) is 0. The minimum Gasteiger partial charge on any atom is -0.478 e. The molecule has 0 amide bonds. The molecular weight excluding hydrogens is 406 g/mol. The Morgan fingerprint density at radius 1 is 1.17 bits per heavy atom. The third kappa shape index (κ3) is 3.69. The van der Waals surface area contributed by atoms with Gasteiger partial charge in [-0.05, 0) is 37.4 Å². The lowest BCUT2D eigenvalue weighted by molar-refractivity contribution is 0.0693. The number of nitrogens with one attached hydrogen (secondary N) is 1. The Labute approximate surface area is 144 Å². The molecule has 1 atom stereocenters. The van der Waals surface area contributed by atoms with E-state index in [1.165, 1.54) is 37.4 Å². The summed E-state index contributed by atoms with van der Waals surface area (Å²) in [6, 6.07) is 10.0. The smallest absolute Gasteiger partial charge is 0.336 e. The molecule has 0 aromatic heterocycles. The molecule has 9 heteroatoms. The molecule has 0 fully saturated rings. The molecule has 0 saturated heterocycles. The highest BCUT2D eigenvalue weighted by molar-refractivity contribution is 9.10. The van der Waals surface area contributed by atoms with Crippen LogP contribution in [-0.4, -0.2) is 30.8 Å². The third-order valence-corrected chi connectivity index (χ3v) is 6.57. The van der Waals surface area contributed by atoms with E-state index in [0.717, 1.165) is 0 Å². The van der Waals surface area contributed by atoms with Crippen LogP contribution in [0.15, 0.2) is 61.6 Å². The van der Waals surface area contributed by atoms with E-state index in [9.17, 15) is 22.5 Å².